The highest BCUT2D eigenvalue weighted by molar-refractivity contribution is 7.89. The van der Waals surface area contributed by atoms with Crippen LogP contribution in [0.5, 0.6) is 0 Å². The lowest BCUT2D eigenvalue weighted by Crippen LogP contribution is -2.47. The number of ether oxygens (including phenoxy) is 1. The molecule has 3 aliphatic rings. The molecule has 3 fully saturated rings. The largest absolute Gasteiger partial charge is 0.381 e. The van der Waals surface area contributed by atoms with Crippen LogP contribution in [-0.4, -0.2) is 51.0 Å². The number of sulfonamides is 1. The second kappa shape index (κ2) is 8.32. The van der Waals surface area contributed by atoms with Crippen molar-refractivity contribution < 1.29 is 22.3 Å². The standard InChI is InChI=1S/C21H29FN2O4S/c22-16-5-4-8-18(13-16)29(26,27)24-14-19(21(15-24)9-11-28-12-10-21)20(25)23-17-6-2-1-3-7-17/h4-5,8,13,17,19H,1-3,6-7,9-12,14-15H2,(H,23,25). The van der Waals surface area contributed by atoms with Gasteiger partial charge in [0.1, 0.15) is 5.82 Å². The van der Waals surface area contributed by atoms with E-state index >= 15 is 0 Å². The predicted molar refractivity (Wildman–Crippen MR) is 106 cm³/mol. The summed E-state index contributed by atoms with van der Waals surface area (Å²) < 4.78 is 46.8. The molecule has 0 bridgehead atoms. The first-order chi connectivity index (χ1) is 13.9. The Morgan fingerprint density at radius 3 is 2.59 bits per heavy atom. The molecule has 6 nitrogen and oxygen atoms in total. The number of nitrogens with zero attached hydrogens (tertiary/aromatic N) is 1. The average Bonchev–Trinajstić information content (AvgIpc) is 3.09. The number of carbonyl (C=O) groups is 1. The van der Waals surface area contributed by atoms with E-state index in [1.54, 1.807) is 0 Å². The van der Waals surface area contributed by atoms with Crippen LogP contribution in [0.3, 0.4) is 0 Å². The number of rotatable bonds is 4. The van der Waals surface area contributed by atoms with Crippen LogP contribution < -0.4 is 5.32 Å². The maximum Gasteiger partial charge on any atom is 0.243 e. The normalized spacial score (nSPS) is 25.9. The van der Waals surface area contributed by atoms with Crippen LogP contribution in [0.1, 0.15) is 44.9 Å². The lowest BCUT2D eigenvalue weighted by molar-refractivity contribution is -0.130. The van der Waals surface area contributed by atoms with Gasteiger partial charge in [0.2, 0.25) is 15.9 Å². The summed E-state index contributed by atoms with van der Waals surface area (Å²) in [5.74, 6) is -1.04. The molecule has 0 radical (unpaired) electrons. The zero-order chi connectivity index (χ0) is 20.5. The zero-order valence-electron chi connectivity index (χ0n) is 16.6. The van der Waals surface area contributed by atoms with Crippen molar-refractivity contribution in [3.05, 3.63) is 30.1 Å². The highest BCUT2D eigenvalue weighted by Gasteiger charge is 2.53. The lowest BCUT2D eigenvalue weighted by atomic mass is 9.71. The summed E-state index contributed by atoms with van der Waals surface area (Å²) in [5, 5.41) is 3.19. The molecule has 1 spiro atoms. The molecule has 1 aliphatic carbocycles. The van der Waals surface area contributed by atoms with E-state index in [-0.39, 0.29) is 29.9 Å². The molecule has 8 heteroatoms. The SMILES string of the molecule is O=C(NC1CCCCC1)C1CN(S(=O)(=O)c2cccc(F)c2)CC12CCOCC2. The number of hydrogen-bond donors (Lipinski definition) is 1. The van der Waals surface area contributed by atoms with E-state index in [2.05, 4.69) is 5.32 Å². The molecule has 2 saturated heterocycles. The van der Waals surface area contributed by atoms with E-state index in [0.717, 1.165) is 31.7 Å². The minimum Gasteiger partial charge on any atom is -0.381 e. The first-order valence-electron chi connectivity index (χ1n) is 10.5. The quantitative estimate of drug-likeness (QED) is 0.806. The molecule has 1 atom stereocenters. The third kappa shape index (κ3) is 4.20. The van der Waals surface area contributed by atoms with Gasteiger partial charge in [-0.05, 0) is 43.9 Å². The summed E-state index contributed by atoms with van der Waals surface area (Å²) in [6.07, 6.45) is 6.73. The van der Waals surface area contributed by atoms with Gasteiger partial charge in [0.15, 0.2) is 0 Å². The molecule has 2 aliphatic heterocycles. The fraction of sp³-hybridized carbons (Fsp3) is 0.667. The number of hydrogen-bond acceptors (Lipinski definition) is 4. The van der Waals surface area contributed by atoms with Crippen molar-refractivity contribution in [2.45, 2.75) is 55.9 Å². The number of halogens is 1. The van der Waals surface area contributed by atoms with Crippen molar-refractivity contribution in [3.8, 4) is 0 Å². The number of nitrogens with one attached hydrogen (secondary N) is 1. The van der Waals surface area contributed by atoms with Crippen molar-refractivity contribution in [2.75, 3.05) is 26.3 Å². The van der Waals surface area contributed by atoms with Crippen LogP contribution in [0.25, 0.3) is 0 Å². The molecule has 1 aromatic rings. The van der Waals surface area contributed by atoms with E-state index in [1.807, 2.05) is 0 Å². The topological polar surface area (TPSA) is 75.7 Å². The van der Waals surface area contributed by atoms with E-state index in [0.29, 0.717) is 26.1 Å². The van der Waals surface area contributed by atoms with E-state index in [4.69, 9.17) is 4.74 Å². The van der Waals surface area contributed by atoms with Crippen molar-refractivity contribution >= 4 is 15.9 Å². The van der Waals surface area contributed by atoms with Crippen molar-refractivity contribution in [3.63, 3.8) is 0 Å². The van der Waals surface area contributed by atoms with Crippen LogP contribution in [0, 0.1) is 17.2 Å². The fourth-order valence-electron chi connectivity index (χ4n) is 5.08. The summed E-state index contributed by atoms with van der Waals surface area (Å²) >= 11 is 0. The number of amides is 1. The Labute approximate surface area is 171 Å². The molecule has 2 heterocycles. The highest BCUT2D eigenvalue weighted by atomic mass is 32.2. The van der Waals surface area contributed by atoms with Gasteiger partial charge in [-0.15, -0.1) is 0 Å². The van der Waals surface area contributed by atoms with Crippen LogP contribution >= 0.6 is 0 Å². The molecule has 0 aromatic heterocycles. The van der Waals surface area contributed by atoms with Gasteiger partial charge in [0.25, 0.3) is 0 Å². The Bertz CT molecular complexity index is 848. The van der Waals surface area contributed by atoms with Crippen molar-refractivity contribution in [2.24, 2.45) is 11.3 Å². The molecular weight excluding hydrogens is 395 g/mol. The van der Waals surface area contributed by atoms with Crippen LogP contribution in [-0.2, 0) is 19.6 Å². The third-order valence-electron chi connectivity index (χ3n) is 6.81. The highest BCUT2D eigenvalue weighted by Crippen LogP contribution is 2.46. The number of carbonyl (C=O) groups excluding carboxylic acids is 1. The molecule has 1 unspecified atom stereocenters. The molecule has 29 heavy (non-hydrogen) atoms. The van der Waals surface area contributed by atoms with Gasteiger partial charge in [-0.25, -0.2) is 12.8 Å². The van der Waals surface area contributed by atoms with E-state index in [9.17, 15) is 17.6 Å². The smallest absolute Gasteiger partial charge is 0.243 e. The van der Waals surface area contributed by atoms with Gasteiger partial charge in [0.05, 0.1) is 10.8 Å². The van der Waals surface area contributed by atoms with E-state index < -0.39 is 27.2 Å². The summed E-state index contributed by atoms with van der Waals surface area (Å²) in [5.41, 5.74) is -0.419. The fourth-order valence-corrected chi connectivity index (χ4v) is 6.66. The Kier molecular flexibility index (Phi) is 5.95. The average molecular weight is 425 g/mol. The lowest BCUT2D eigenvalue weighted by Gasteiger charge is -2.38. The van der Waals surface area contributed by atoms with Crippen molar-refractivity contribution in [1.82, 2.24) is 9.62 Å². The molecule has 160 valence electrons. The number of benzene rings is 1. The summed E-state index contributed by atoms with van der Waals surface area (Å²) in [4.78, 5) is 13.2. The second-order valence-corrected chi connectivity index (χ2v) is 10.6. The van der Waals surface area contributed by atoms with Crippen LogP contribution in [0.2, 0.25) is 0 Å². The summed E-state index contributed by atoms with van der Waals surface area (Å²) in [6.45, 7) is 1.47. The maximum atomic E-state index is 13.6. The molecule has 1 aromatic carbocycles. The van der Waals surface area contributed by atoms with Gasteiger partial charge < -0.3 is 10.1 Å². The van der Waals surface area contributed by atoms with Crippen LogP contribution in [0.15, 0.2) is 29.2 Å². The van der Waals surface area contributed by atoms with Gasteiger partial charge in [0, 0.05) is 37.8 Å². The van der Waals surface area contributed by atoms with Gasteiger partial charge >= 0.3 is 0 Å². The Hall–Kier alpha value is -1.51. The maximum absolute atomic E-state index is 13.6. The summed E-state index contributed by atoms with van der Waals surface area (Å²) in [7, 11) is -3.86. The second-order valence-electron chi connectivity index (χ2n) is 8.63. The van der Waals surface area contributed by atoms with Gasteiger partial charge in [-0.3, -0.25) is 4.79 Å². The molecule has 1 amide bonds. The Morgan fingerprint density at radius 2 is 1.90 bits per heavy atom. The molecule has 1 N–H and O–H groups in total. The third-order valence-corrected chi connectivity index (χ3v) is 8.61. The molecule has 4 rings (SSSR count). The Balaban J connectivity index is 1.57. The zero-order valence-corrected chi connectivity index (χ0v) is 17.4. The summed E-state index contributed by atoms with van der Waals surface area (Å²) in [6, 6.07) is 5.26. The Morgan fingerprint density at radius 1 is 1.17 bits per heavy atom. The first-order valence-corrected chi connectivity index (χ1v) is 12.0. The molecular formula is C21H29FN2O4S. The minimum absolute atomic E-state index is 0.0456. The minimum atomic E-state index is -3.86. The van der Waals surface area contributed by atoms with Crippen LogP contribution in [0.4, 0.5) is 4.39 Å². The van der Waals surface area contributed by atoms with Gasteiger partial charge in [-0.2, -0.15) is 4.31 Å². The predicted octanol–water partition coefficient (Wildman–Crippen LogP) is 2.69. The van der Waals surface area contributed by atoms with Gasteiger partial charge in [-0.1, -0.05) is 25.3 Å². The van der Waals surface area contributed by atoms with Crippen molar-refractivity contribution in [1.29, 1.82) is 0 Å². The monoisotopic (exact) mass is 424 g/mol. The van der Waals surface area contributed by atoms with E-state index in [1.165, 1.54) is 28.9 Å². The first kappa shape index (κ1) is 20.8. The molecule has 1 saturated carbocycles.